The zero-order valence-corrected chi connectivity index (χ0v) is 11.5. The van der Waals surface area contributed by atoms with Gasteiger partial charge in [-0.2, -0.15) is 0 Å². The van der Waals surface area contributed by atoms with Crippen molar-refractivity contribution in [2.45, 2.75) is 32.2 Å². The highest BCUT2D eigenvalue weighted by molar-refractivity contribution is 5.95. The summed E-state index contributed by atoms with van der Waals surface area (Å²) in [6.07, 6.45) is 1.07. The van der Waals surface area contributed by atoms with Crippen molar-refractivity contribution >= 4 is 11.9 Å². The number of nitrogens with one attached hydrogen (secondary N) is 1. The summed E-state index contributed by atoms with van der Waals surface area (Å²) in [5, 5.41) is 11.3. The van der Waals surface area contributed by atoms with E-state index in [0.29, 0.717) is 12.2 Å². The third-order valence-corrected chi connectivity index (χ3v) is 2.81. The van der Waals surface area contributed by atoms with Crippen LogP contribution in [0.5, 0.6) is 5.75 Å². The fourth-order valence-corrected chi connectivity index (χ4v) is 1.85. The molecule has 0 aliphatic heterocycles. The van der Waals surface area contributed by atoms with Crippen molar-refractivity contribution in [1.82, 2.24) is 5.32 Å². The summed E-state index contributed by atoms with van der Waals surface area (Å²) in [5.74, 6) is -2.01. The quantitative estimate of drug-likeness (QED) is 0.804. The molecule has 0 saturated carbocycles. The molecule has 0 spiro atoms. The van der Waals surface area contributed by atoms with Crippen molar-refractivity contribution in [3.05, 3.63) is 29.6 Å². The summed E-state index contributed by atoms with van der Waals surface area (Å²) < 4.78 is 18.6. The fraction of sp³-hybridized carbons (Fsp3) is 0.429. The normalized spacial score (nSPS) is 11.8. The zero-order valence-electron chi connectivity index (χ0n) is 11.5. The predicted octanol–water partition coefficient (Wildman–Crippen LogP) is 2.21. The van der Waals surface area contributed by atoms with Gasteiger partial charge < -0.3 is 15.2 Å². The molecular formula is C14H18FNO4. The van der Waals surface area contributed by atoms with E-state index >= 15 is 0 Å². The second-order valence-corrected chi connectivity index (χ2v) is 4.40. The Morgan fingerprint density at radius 1 is 1.45 bits per heavy atom. The zero-order chi connectivity index (χ0) is 15.1. The molecule has 1 rings (SSSR count). The monoisotopic (exact) mass is 283 g/mol. The van der Waals surface area contributed by atoms with Crippen LogP contribution in [0.15, 0.2) is 18.2 Å². The number of amides is 1. The molecule has 0 radical (unpaired) electrons. The highest BCUT2D eigenvalue weighted by Crippen LogP contribution is 2.16. The lowest BCUT2D eigenvalue weighted by Crippen LogP contribution is -2.36. The maximum Gasteiger partial charge on any atom is 0.305 e. The Labute approximate surface area is 116 Å². The van der Waals surface area contributed by atoms with Crippen molar-refractivity contribution in [1.29, 1.82) is 0 Å². The number of methoxy groups -OCH3 is 1. The first-order valence-corrected chi connectivity index (χ1v) is 6.34. The molecule has 0 bridgehead atoms. The van der Waals surface area contributed by atoms with E-state index in [1.807, 2.05) is 6.92 Å². The second kappa shape index (κ2) is 7.47. The SMILES string of the molecule is CCCC(CC(=O)O)NC(=O)c1ccc(OC)cc1F. The van der Waals surface area contributed by atoms with Gasteiger partial charge in [-0.05, 0) is 18.6 Å². The van der Waals surface area contributed by atoms with Gasteiger partial charge in [0.2, 0.25) is 0 Å². The smallest absolute Gasteiger partial charge is 0.305 e. The Kier molecular flexibility index (Phi) is 5.96. The standard InChI is InChI=1S/C14H18FNO4/c1-3-4-9(7-13(17)18)16-14(19)11-6-5-10(20-2)8-12(11)15/h5-6,8-9H,3-4,7H2,1-2H3,(H,16,19)(H,17,18). The van der Waals surface area contributed by atoms with Gasteiger partial charge in [-0.3, -0.25) is 9.59 Å². The summed E-state index contributed by atoms with van der Waals surface area (Å²) in [7, 11) is 1.40. The van der Waals surface area contributed by atoms with Crippen LogP contribution < -0.4 is 10.1 Å². The van der Waals surface area contributed by atoms with Crippen LogP contribution in [0, 0.1) is 5.82 Å². The highest BCUT2D eigenvalue weighted by Gasteiger charge is 2.18. The highest BCUT2D eigenvalue weighted by atomic mass is 19.1. The molecule has 5 nitrogen and oxygen atoms in total. The number of carbonyl (C=O) groups excluding carboxylic acids is 1. The van der Waals surface area contributed by atoms with Gasteiger partial charge in [0, 0.05) is 12.1 Å². The largest absolute Gasteiger partial charge is 0.497 e. The Morgan fingerprint density at radius 2 is 2.15 bits per heavy atom. The Morgan fingerprint density at radius 3 is 2.65 bits per heavy atom. The van der Waals surface area contributed by atoms with Gasteiger partial charge in [0.25, 0.3) is 5.91 Å². The van der Waals surface area contributed by atoms with E-state index in [4.69, 9.17) is 9.84 Å². The van der Waals surface area contributed by atoms with Crippen molar-refractivity contribution in [2.75, 3.05) is 7.11 Å². The maximum atomic E-state index is 13.7. The van der Waals surface area contributed by atoms with Gasteiger partial charge in [0.15, 0.2) is 0 Å². The molecule has 0 heterocycles. The first kappa shape index (κ1) is 15.9. The number of carboxylic acid groups (broad SMARTS) is 1. The van der Waals surface area contributed by atoms with E-state index in [-0.39, 0.29) is 12.0 Å². The van der Waals surface area contributed by atoms with E-state index in [0.717, 1.165) is 12.5 Å². The van der Waals surface area contributed by atoms with Crippen LogP contribution in [0.4, 0.5) is 4.39 Å². The van der Waals surface area contributed by atoms with Gasteiger partial charge >= 0.3 is 5.97 Å². The molecule has 0 aromatic heterocycles. The molecule has 20 heavy (non-hydrogen) atoms. The number of carbonyl (C=O) groups is 2. The number of rotatable bonds is 7. The molecule has 110 valence electrons. The van der Waals surface area contributed by atoms with E-state index in [1.165, 1.54) is 19.2 Å². The molecule has 0 fully saturated rings. The van der Waals surface area contributed by atoms with Crippen molar-refractivity contribution in [3.8, 4) is 5.75 Å². The third kappa shape index (κ3) is 4.53. The topological polar surface area (TPSA) is 75.6 Å². The average molecular weight is 283 g/mol. The molecule has 1 aromatic rings. The molecule has 1 amide bonds. The van der Waals surface area contributed by atoms with Gasteiger partial charge in [-0.15, -0.1) is 0 Å². The van der Waals surface area contributed by atoms with Gasteiger partial charge in [0.1, 0.15) is 11.6 Å². The number of halogens is 1. The molecule has 2 N–H and O–H groups in total. The third-order valence-electron chi connectivity index (χ3n) is 2.81. The minimum Gasteiger partial charge on any atom is -0.497 e. The average Bonchev–Trinajstić information content (AvgIpc) is 2.37. The van der Waals surface area contributed by atoms with Crippen LogP contribution in [0.25, 0.3) is 0 Å². The number of hydrogen-bond acceptors (Lipinski definition) is 3. The minimum absolute atomic E-state index is 0.128. The summed E-state index contributed by atoms with van der Waals surface area (Å²) in [6.45, 7) is 1.88. The molecular weight excluding hydrogens is 265 g/mol. The Balaban J connectivity index is 2.80. The Bertz CT molecular complexity index is 490. The first-order valence-electron chi connectivity index (χ1n) is 6.34. The van der Waals surface area contributed by atoms with Crippen LogP contribution in [0.3, 0.4) is 0 Å². The van der Waals surface area contributed by atoms with Gasteiger partial charge in [0.05, 0.1) is 19.1 Å². The fourth-order valence-electron chi connectivity index (χ4n) is 1.85. The van der Waals surface area contributed by atoms with Crippen LogP contribution in [0.1, 0.15) is 36.5 Å². The summed E-state index contributed by atoms with van der Waals surface area (Å²) in [5.41, 5.74) is -0.128. The van der Waals surface area contributed by atoms with Crippen LogP contribution in [-0.4, -0.2) is 30.1 Å². The summed E-state index contributed by atoms with van der Waals surface area (Å²) >= 11 is 0. The number of ether oxygens (including phenoxy) is 1. The molecule has 1 unspecified atom stereocenters. The van der Waals surface area contributed by atoms with E-state index in [1.54, 1.807) is 0 Å². The molecule has 1 aromatic carbocycles. The molecule has 1 atom stereocenters. The van der Waals surface area contributed by atoms with Crippen molar-refractivity contribution in [3.63, 3.8) is 0 Å². The first-order chi connectivity index (χ1) is 9.47. The lowest BCUT2D eigenvalue weighted by atomic mass is 10.1. The maximum absolute atomic E-state index is 13.7. The second-order valence-electron chi connectivity index (χ2n) is 4.40. The number of aliphatic carboxylic acids is 1. The summed E-state index contributed by atoms with van der Waals surface area (Å²) in [6, 6.07) is 3.39. The van der Waals surface area contributed by atoms with E-state index in [9.17, 15) is 14.0 Å². The Hall–Kier alpha value is -2.11. The van der Waals surface area contributed by atoms with Crippen molar-refractivity contribution in [2.24, 2.45) is 0 Å². The lowest BCUT2D eigenvalue weighted by molar-refractivity contribution is -0.137. The van der Waals surface area contributed by atoms with Crippen LogP contribution in [0.2, 0.25) is 0 Å². The van der Waals surface area contributed by atoms with E-state index < -0.39 is 23.7 Å². The van der Waals surface area contributed by atoms with Crippen LogP contribution >= 0.6 is 0 Å². The molecule has 0 aliphatic carbocycles. The van der Waals surface area contributed by atoms with E-state index in [2.05, 4.69) is 5.32 Å². The molecule has 6 heteroatoms. The summed E-state index contributed by atoms with van der Waals surface area (Å²) in [4.78, 5) is 22.7. The van der Waals surface area contributed by atoms with Gasteiger partial charge in [-0.25, -0.2) is 4.39 Å². The lowest BCUT2D eigenvalue weighted by Gasteiger charge is -2.16. The van der Waals surface area contributed by atoms with Crippen molar-refractivity contribution < 1.29 is 23.8 Å². The molecule has 0 aliphatic rings. The molecule has 0 saturated heterocycles. The number of benzene rings is 1. The number of hydrogen-bond donors (Lipinski definition) is 2. The number of carboxylic acids is 1. The van der Waals surface area contributed by atoms with Gasteiger partial charge in [-0.1, -0.05) is 13.3 Å². The predicted molar refractivity (Wildman–Crippen MR) is 71.4 cm³/mol. The van der Waals surface area contributed by atoms with Crippen LogP contribution in [-0.2, 0) is 4.79 Å². The minimum atomic E-state index is -1.00.